The standard InChI is InChI=1S/C25H38N4O5/c1-15(2)19(27-23(33)34-25(7,8)9)22(32)29(13-12-26)20(21(31)28-24(4,5)6)17-10-11-18(30)16(3)14-17/h10-11,14-15,19-20,30H,13H2,1-9H3,(H,27,33)(H,28,31). The van der Waals surface area contributed by atoms with E-state index in [1.807, 2.05) is 26.8 Å². The van der Waals surface area contributed by atoms with E-state index in [-0.39, 0.29) is 18.2 Å². The van der Waals surface area contributed by atoms with Crippen molar-refractivity contribution in [1.29, 1.82) is 5.26 Å². The first-order valence-corrected chi connectivity index (χ1v) is 11.3. The molecule has 0 aromatic heterocycles. The number of phenols is 1. The van der Waals surface area contributed by atoms with Gasteiger partial charge in [-0.25, -0.2) is 4.79 Å². The van der Waals surface area contributed by atoms with Crippen LogP contribution in [0.2, 0.25) is 0 Å². The summed E-state index contributed by atoms with van der Waals surface area (Å²) in [5, 5.41) is 24.9. The summed E-state index contributed by atoms with van der Waals surface area (Å²) in [5.74, 6) is -1.39. The van der Waals surface area contributed by atoms with Gasteiger partial charge in [0.05, 0.1) is 6.07 Å². The van der Waals surface area contributed by atoms with Gasteiger partial charge in [0.25, 0.3) is 0 Å². The number of nitrogens with one attached hydrogen (secondary N) is 2. The first kappa shape index (κ1) is 28.8. The van der Waals surface area contributed by atoms with Gasteiger partial charge in [0.15, 0.2) is 0 Å². The minimum atomic E-state index is -1.16. The number of nitrogens with zero attached hydrogens (tertiary/aromatic N) is 2. The largest absolute Gasteiger partial charge is 0.508 e. The number of carbonyl (C=O) groups is 3. The average molecular weight is 475 g/mol. The van der Waals surface area contributed by atoms with Crippen molar-refractivity contribution >= 4 is 17.9 Å². The zero-order valence-corrected chi connectivity index (χ0v) is 21.6. The normalized spacial score (nSPS) is 13.4. The van der Waals surface area contributed by atoms with Crippen LogP contribution in [0.1, 0.15) is 72.6 Å². The van der Waals surface area contributed by atoms with Crippen LogP contribution in [0.15, 0.2) is 18.2 Å². The summed E-state index contributed by atoms with van der Waals surface area (Å²) in [6.07, 6.45) is -0.771. The maximum absolute atomic E-state index is 13.7. The second kappa shape index (κ2) is 11.2. The second-order valence-electron chi connectivity index (χ2n) is 10.7. The van der Waals surface area contributed by atoms with E-state index in [0.717, 1.165) is 4.90 Å². The highest BCUT2D eigenvalue weighted by molar-refractivity contribution is 5.92. The smallest absolute Gasteiger partial charge is 0.408 e. The Morgan fingerprint density at radius 2 is 1.74 bits per heavy atom. The zero-order valence-electron chi connectivity index (χ0n) is 21.6. The minimum absolute atomic E-state index is 0.0449. The van der Waals surface area contributed by atoms with Crippen LogP contribution in [-0.4, -0.2) is 51.6 Å². The van der Waals surface area contributed by atoms with Crippen LogP contribution in [0, 0.1) is 24.2 Å². The Hall–Kier alpha value is -3.28. The molecule has 0 fully saturated rings. The number of benzene rings is 1. The number of amides is 3. The summed E-state index contributed by atoms with van der Waals surface area (Å²) >= 11 is 0. The van der Waals surface area contributed by atoms with E-state index in [0.29, 0.717) is 11.1 Å². The number of alkyl carbamates (subject to hydrolysis) is 1. The Bertz CT molecular complexity index is 938. The number of aromatic hydroxyl groups is 1. The molecule has 9 nitrogen and oxygen atoms in total. The van der Waals surface area contributed by atoms with Crippen molar-refractivity contribution in [3.8, 4) is 11.8 Å². The molecule has 0 bridgehead atoms. The van der Waals surface area contributed by atoms with Crippen molar-refractivity contribution in [3.63, 3.8) is 0 Å². The summed E-state index contributed by atoms with van der Waals surface area (Å²) in [6.45, 7) is 15.3. The molecule has 0 spiro atoms. The first-order valence-electron chi connectivity index (χ1n) is 11.3. The molecule has 0 aliphatic heterocycles. The predicted molar refractivity (Wildman–Crippen MR) is 129 cm³/mol. The predicted octanol–water partition coefficient (Wildman–Crippen LogP) is 3.56. The summed E-state index contributed by atoms with van der Waals surface area (Å²) in [5.41, 5.74) is -0.419. The van der Waals surface area contributed by atoms with Gasteiger partial charge in [0, 0.05) is 5.54 Å². The number of nitriles is 1. The topological polar surface area (TPSA) is 132 Å². The quantitative estimate of drug-likeness (QED) is 0.518. The van der Waals surface area contributed by atoms with Gasteiger partial charge in [-0.3, -0.25) is 9.59 Å². The Labute approximate surface area is 202 Å². The second-order valence-corrected chi connectivity index (χ2v) is 10.7. The van der Waals surface area contributed by atoms with Gasteiger partial charge < -0.3 is 25.4 Å². The van der Waals surface area contributed by atoms with Crippen LogP contribution in [0.5, 0.6) is 5.75 Å². The van der Waals surface area contributed by atoms with E-state index < -0.39 is 41.1 Å². The molecule has 0 saturated heterocycles. The van der Waals surface area contributed by atoms with Crippen LogP contribution in [-0.2, 0) is 14.3 Å². The summed E-state index contributed by atoms with van der Waals surface area (Å²) in [4.78, 5) is 40.7. The molecular formula is C25H38N4O5. The lowest BCUT2D eigenvalue weighted by molar-refractivity contribution is -0.143. The van der Waals surface area contributed by atoms with E-state index in [4.69, 9.17) is 4.74 Å². The molecule has 2 atom stereocenters. The Morgan fingerprint density at radius 3 is 2.18 bits per heavy atom. The Balaban J connectivity index is 3.51. The van der Waals surface area contributed by atoms with E-state index in [1.54, 1.807) is 53.7 Å². The summed E-state index contributed by atoms with van der Waals surface area (Å²) in [6, 6.07) is 4.35. The molecule has 2 unspecified atom stereocenters. The fraction of sp³-hybridized carbons (Fsp3) is 0.600. The fourth-order valence-electron chi connectivity index (χ4n) is 3.26. The number of hydrogen-bond acceptors (Lipinski definition) is 6. The molecule has 3 amide bonds. The van der Waals surface area contributed by atoms with Crippen molar-refractivity contribution in [2.75, 3.05) is 6.54 Å². The molecule has 34 heavy (non-hydrogen) atoms. The third kappa shape index (κ3) is 8.58. The van der Waals surface area contributed by atoms with Crippen molar-refractivity contribution in [2.45, 2.75) is 85.5 Å². The van der Waals surface area contributed by atoms with Crippen LogP contribution in [0.25, 0.3) is 0 Å². The minimum Gasteiger partial charge on any atom is -0.508 e. The molecule has 3 N–H and O–H groups in total. The lowest BCUT2D eigenvalue weighted by atomic mass is 9.97. The molecule has 1 rings (SSSR count). The number of ether oxygens (including phenoxy) is 1. The highest BCUT2D eigenvalue weighted by atomic mass is 16.6. The molecule has 0 aliphatic rings. The van der Waals surface area contributed by atoms with Crippen molar-refractivity contribution in [1.82, 2.24) is 15.5 Å². The molecule has 1 aromatic carbocycles. The SMILES string of the molecule is Cc1cc(C(C(=O)NC(C)(C)C)N(CC#N)C(=O)C(NC(=O)OC(C)(C)C)C(C)C)ccc1O. The Morgan fingerprint density at radius 1 is 1.15 bits per heavy atom. The fourth-order valence-corrected chi connectivity index (χ4v) is 3.26. The first-order chi connectivity index (χ1) is 15.5. The average Bonchev–Trinajstić information content (AvgIpc) is 2.65. The number of aryl methyl sites for hydroxylation is 1. The number of phenolic OH excluding ortho intramolecular Hbond substituents is 1. The molecule has 0 radical (unpaired) electrons. The van der Waals surface area contributed by atoms with Gasteiger partial charge in [-0.15, -0.1) is 0 Å². The number of hydrogen-bond donors (Lipinski definition) is 3. The van der Waals surface area contributed by atoms with E-state index in [9.17, 15) is 24.8 Å². The van der Waals surface area contributed by atoms with Crippen LogP contribution in [0.4, 0.5) is 4.79 Å². The molecular weight excluding hydrogens is 436 g/mol. The maximum Gasteiger partial charge on any atom is 0.408 e. The number of carbonyl (C=O) groups excluding carboxylic acids is 3. The molecule has 0 aliphatic carbocycles. The van der Waals surface area contributed by atoms with Gasteiger partial charge in [0.1, 0.15) is 30.0 Å². The molecule has 1 aromatic rings. The Kier molecular flexibility index (Phi) is 9.50. The highest BCUT2D eigenvalue weighted by Crippen LogP contribution is 2.28. The third-order valence-electron chi connectivity index (χ3n) is 4.72. The van der Waals surface area contributed by atoms with Gasteiger partial charge in [-0.2, -0.15) is 5.26 Å². The lowest BCUT2D eigenvalue weighted by Crippen LogP contribution is -2.56. The van der Waals surface area contributed by atoms with Gasteiger partial charge in [-0.1, -0.05) is 19.9 Å². The molecule has 0 heterocycles. The van der Waals surface area contributed by atoms with Crippen molar-refractivity contribution in [3.05, 3.63) is 29.3 Å². The van der Waals surface area contributed by atoms with Crippen LogP contribution < -0.4 is 10.6 Å². The van der Waals surface area contributed by atoms with E-state index >= 15 is 0 Å². The summed E-state index contributed by atoms with van der Waals surface area (Å²) < 4.78 is 5.30. The van der Waals surface area contributed by atoms with E-state index in [1.165, 1.54) is 6.07 Å². The molecule has 9 heteroatoms. The van der Waals surface area contributed by atoms with Gasteiger partial charge >= 0.3 is 6.09 Å². The van der Waals surface area contributed by atoms with Crippen molar-refractivity contribution in [2.24, 2.45) is 5.92 Å². The van der Waals surface area contributed by atoms with Gasteiger partial charge in [-0.05, 0) is 77.6 Å². The maximum atomic E-state index is 13.7. The van der Waals surface area contributed by atoms with Crippen LogP contribution >= 0.6 is 0 Å². The molecule has 188 valence electrons. The van der Waals surface area contributed by atoms with E-state index in [2.05, 4.69) is 10.6 Å². The molecule has 0 saturated carbocycles. The lowest BCUT2D eigenvalue weighted by Gasteiger charge is -2.35. The van der Waals surface area contributed by atoms with Gasteiger partial charge in [0.2, 0.25) is 11.8 Å². The van der Waals surface area contributed by atoms with Crippen molar-refractivity contribution < 1.29 is 24.2 Å². The zero-order chi connectivity index (χ0) is 26.4. The highest BCUT2D eigenvalue weighted by Gasteiger charge is 2.38. The third-order valence-corrected chi connectivity index (χ3v) is 4.72. The summed E-state index contributed by atoms with van der Waals surface area (Å²) in [7, 11) is 0. The monoisotopic (exact) mass is 474 g/mol. The van der Waals surface area contributed by atoms with Crippen LogP contribution in [0.3, 0.4) is 0 Å². The number of rotatable bonds is 7.